The van der Waals surface area contributed by atoms with Crippen molar-refractivity contribution in [1.82, 2.24) is 0 Å². The maximum Gasteiger partial charge on any atom is 0.310 e. The fourth-order valence-corrected chi connectivity index (χ4v) is 13.0. The van der Waals surface area contributed by atoms with Crippen LogP contribution in [0.4, 0.5) is 0 Å². The van der Waals surface area contributed by atoms with Crippen LogP contribution < -0.4 is 0 Å². The summed E-state index contributed by atoms with van der Waals surface area (Å²) in [5.74, 6) is -0.480. The van der Waals surface area contributed by atoms with E-state index < -0.39 is 78.4 Å². The molecule has 12 heteroatoms. The van der Waals surface area contributed by atoms with Gasteiger partial charge in [-0.15, -0.1) is 0 Å². The average molecular weight is 737 g/mol. The largest absolute Gasteiger partial charge is 0.481 e. The molecule has 0 radical (unpaired) electrons. The fraction of sp³-hybridized carbons (Fsp3) is 0.925. The van der Waals surface area contributed by atoms with Gasteiger partial charge in [0, 0.05) is 0 Å². The predicted octanol–water partition coefficient (Wildman–Crippen LogP) is 3.27. The Labute approximate surface area is 307 Å². The monoisotopic (exact) mass is 736 g/mol. The lowest BCUT2D eigenvalue weighted by molar-refractivity contribution is -0.352. The second-order valence-electron chi connectivity index (χ2n) is 19.6. The number of aliphatic hydroxyl groups is 6. The first-order chi connectivity index (χ1) is 24.1. The molecular weight excluding hydrogens is 672 g/mol. The number of fused-ring (bicyclic) bond motifs is 7. The molecule has 7 aliphatic rings. The third-order valence-electron chi connectivity index (χ3n) is 16.5. The molecule has 6 fully saturated rings. The number of allylic oxidation sites excluding steroid dienone is 2. The molecule has 2 aliphatic heterocycles. The molecule has 0 aromatic rings. The average Bonchev–Trinajstić information content (AvgIpc) is 3.06. The van der Waals surface area contributed by atoms with Crippen molar-refractivity contribution in [3.63, 3.8) is 0 Å². The SMILES string of the molecule is C[C@H]1O[C@@H](O)[C@H](O)[C@H](O[C@H]2[C@H](O[C@H]3CC[C@@]4(C)[C@@H](CC[C@]5(C)[C@H]4CC=C4[C@H]6CC(C)(C)CC[C@]6(C(=O)O)CC[C@]45C)[C@]3(C)O)OC[C@H](O)[C@@H]2O)[C@H]1O. The van der Waals surface area contributed by atoms with Crippen LogP contribution >= 0.6 is 0 Å². The number of aliphatic hydroxyl groups excluding tert-OH is 5. The van der Waals surface area contributed by atoms with Crippen LogP contribution in [0.15, 0.2) is 11.6 Å². The third kappa shape index (κ3) is 5.63. The molecule has 0 unspecified atom stereocenters. The summed E-state index contributed by atoms with van der Waals surface area (Å²) in [5, 5.41) is 76.4. The van der Waals surface area contributed by atoms with Crippen LogP contribution in [0.25, 0.3) is 0 Å². The van der Waals surface area contributed by atoms with Crippen molar-refractivity contribution in [3.05, 3.63) is 11.6 Å². The Bertz CT molecular complexity index is 1400. The third-order valence-corrected chi connectivity index (χ3v) is 16.5. The summed E-state index contributed by atoms with van der Waals surface area (Å²) in [6.07, 6.45) is -2.66. The highest BCUT2D eigenvalue weighted by molar-refractivity contribution is 5.76. The van der Waals surface area contributed by atoms with Gasteiger partial charge in [-0.3, -0.25) is 4.79 Å². The van der Waals surface area contributed by atoms with Gasteiger partial charge in [0.05, 0.1) is 29.8 Å². The zero-order valence-corrected chi connectivity index (χ0v) is 32.0. The summed E-state index contributed by atoms with van der Waals surface area (Å²) in [6, 6.07) is 0. The number of carboxylic acid groups (broad SMARTS) is 1. The molecule has 12 nitrogen and oxygen atoms in total. The molecule has 2 heterocycles. The van der Waals surface area contributed by atoms with E-state index in [-0.39, 0.29) is 46.0 Å². The number of ether oxygens (including phenoxy) is 4. The van der Waals surface area contributed by atoms with Crippen LogP contribution in [0.1, 0.15) is 113 Å². The van der Waals surface area contributed by atoms with Crippen molar-refractivity contribution in [3.8, 4) is 0 Å². The smallest absolute Gasteiger partial charge is 0.310 e. The zero-order valence-electron chi connectivity index (χ0n) is 32.0. The van der Waals surface area contributed by atoms with Gasteiger partial charge in [-0.05, 0) is 117 Å². The molecule has 7 N–H and O–H groups in total. The van der Waals surface area contributed by atoms with E-state index in [1.807, 2.05) is 6.92 Å². The van der Waals surface area contributed by atoms with Gasteiger partial charge in [-0.1, -0.05) is 46.3 Å². The van der Waals surface area contributed by atoms with Gasteiger partial charge in [0.2, 0.25) is 0 Å². The molecule has 0 bridgehead atoms. The Balaban J connectivity index is 1.14. The Morgan fingerprint density at radius 3 is 2.21 bits per heavy atom. The Morgan fingerprint density at radius 1 is 0.827 bits per heavy atom. The molecule has 4 saturated carbocycles. The van der Waals surface area contributed by atoms with Gasteiger partial charge in [0.1, 0.15) is 36.6 Å². The number of hydrogen-bond donors (Lipinski definition) is 7. The normalized spacial score (nSPS) is 55.9. The summed E-state index contributed by atoms with van der Waals surface area (Å²) >= 11 is 0. The van der Waals surface area contributed by atoms with Gasteiger partial charge in [-0.25, -0.2) is 0 Å². The van der Waals surface area contributed by atoms with Gasteiger partial charge in [0.25, 0.3) is 0 Å². The zero-order chi connectivity index (χ0) is 38.0. The summed E-state index contributed by atoms with van der Waals surface area (Å²) in [7, 11) is 0. The van der Waals surface area contributed by atoms with Crippen molar-refractivity contribution in [1.29, 1.82) is 0 Å². The van der Waals surface area contributed by atoms with Crippen molar-refractivity contribution in [2.75, 3.05) is 6.61 Å². The van der Waals surface area contributed by atoms with Crippen LogP contribution in [0, 0.1) is 44.8 Å². The highest BCUT2D eigenvalue weighted by atomic mass is 16.7. The van der Waals surface area contributed by atoms with Gasteiger partial charge in [0.15, 0.2) is 12.6 Å². The Kier molecular flexibility index (Phi) is 9.71. The summed E-state index contributed by atoms with van der Waals surface area (Å²) in [4.78, 5) is 13.0. The lowest BCUT2D eigenvalue weighted by Gasteiger charge is -2.71. The van der Waals surface area contributed by atoms with Crippen molar-refractivity contribution >= 4 is 5.97 Å². The van der Waals surface area contributed by atoms with Crippen molar-refractivity contribution < 1.29 is 59.5 Å². The van der Waals surface area contributed by atoms with E-state index >= 15 is 0 Å². The number of rotatable bonds is 5. The first kappa shape index (κ1) is 39.1. The van der Waals surface area contributed by atoms with Crippen LogP contribution in [-0.2, 0) is 23.7 Å². The minimum atomic E-state index is -1.63. The van der Waals surface area contributed by atoms with E-state index in [0.717, 1.165) is 51.4 Å². The van der Waals surface area contributed by atoms with E-state index in [4.69, 9.17) is 18.9 Å². The lowest BCUT2D eigenvalue weighted by Crippen LogP contribution is -2.68. The maximum atomic E-state index is 13.0. The van der Waals surface area contributed by atoms with E-state index in [1.165, 1.54) is 12.5 Å². The van der Waals surface area contributed by atoms with E-state index in [1.54, 1.807) is 0 Å². The topological polar surface area (TPSA) is 196 Å². The lowest BCUT2D eigenvalue weighted by atomic mass is 9.34. The molecule has 5 aliphatic carbocycles. The number of aliphatic carboxylic acids is 1. The Hall–Kier alpha value is -1.19. The minimum absolute atomic E-state index is 0.0254. The molecule has 296 valence electrons. The molecule has 18 atom stereocenters. The molecule has 2 saturated heterocycles. The number of carbonyl (C=O) groups is 1. The molecule has 0 amide bonds. The van der Waals surface area contributed by atoms with E-state index in [0.29, 0.717) is 12.8 Å². The Morgan fingerprint density at radius 2 is 1.52 bits per heavy atom. The minimum Gasteiger partial charge on any atom is -0.481 e. The molecule has 52 heavy (non-hydrogen) atoms. The first-order valence-corrected chi connectivity index (χ1v) is 19.8. The highest BCUT2D eigenvalue weighted by Crippen LogP contribution is 2.75. The fourth-order valence-electron chi connectivity index (χ4n) is 13.0. The van der Waals surface area contributed by atoms with Crippen molar-refractivity contribution in [2.24, 2.45) is 44.8 Å². The summed E-state index contributed by atoms with van der Waals surface area (Å²) < 4.78 is 23.6. The van der Waals surface area contributed by atoms with Crippen LogP contribution in [0.2, 0.25) is 0 Å². The number of carboxylic acids is 1. The van der Waals surface area contributed by atoms with Crippen LogP contribution in [0.5, 0.6) is 0 Å². The standard InChI is InChI=1S/C40H64O12/c1-20-27(42)30(29(44)32(45)50-20)52-31-28(43)23(41)19-49-33(31)51-26-11-12-36(4)24-9-8-21-22-18-35(2,3)14-16-40(22,34(46)47)17-15-37(21,5)38(24,6)13-10-25(36)39(26,7)48/h8,20,22-33,41-45,48H,9-19H2,1-7H3,(H,46,47)/t20-,22-,23+,24+,25-,26+,27+,28+,29-,30-,31-,32-,33+,36-,37-,38-,39+,40+/m1/s1. The molecule has 7 rings (SSSR count). The van der Waals surface area contributed by atoms with Gasteiger partial charge >= 0.3 is 5.97 Å². The molecule has 0 spiro atoms. The highest BCUT2D eigenvalue weighted by Gasteiger charge is 2.70. The molecular formula is C40H64O12. The second-order valence-corrected chi connectivity index (χ2v) is 19.6. The first-order valence-electron chi connectivity index (χ1n) is 19.8. The number of hydrogen-bond acceptors (Lipinski definition) is 11. The second kappa shape index (κ2) is 12.9. The van der Waals surface area contributed by atoms with Crippen LogP contribution in [-0.4, -0.2) is 115 Å². The van der Waals surface area contributed by atoms with Gasteiger partial charge in [-0.2, -0.15) is 0 Å². The molecule has 0 aromatic carbocycles. The quantitative estimate of drug-likeness (QED) is 0.161. The van der Waals surface area contributed by atoms with E-state index in [2.05, 4.69) is 40.7 Å². The molecule has 0 aromatic heterocycles. The van der Waals surface area contributed by atoms with Crippen LogP contribution in [0.3, 0.4) is 0 Å². The van der Waals surface area contributed by atoms with Gasteiger partial charge < -0.3 is 54.7 Å². The summed E-state index contributed by atoms with van der Waals surface area (Å²) in [6.45, 7) is 14.8. The van der Waals surface area contributed by atoms with E-state index in [9.17, 15) is 40.5 Å². The maximum absolute atomic E-state index is 13.0. The summed E-state index contributed by atoms with van der Waals surface area (Å²) in [5.41, 5.74) is -1.02. The predicted molar refractivity (Wildman–Crippen MR) is 187 cm³/mol. The van der Waals surface area contributed by atoms with Crippen molar-refractivity contribution in [2.45, 2.75) is 180 Å².